The van der Waals surface area contributed by atoms with Gasteiger partial charge in [-0.25, -0.2) is 18.6 Å². The Labute approximate surface area is 109 Å². The summed E-state index contributed by atoms with van der Waals surface area (Å²) in [5.41, 5.74) is 0.502. The van der Waals surface area contributed by atoms with E-state index in [0.29, 0.717) is 12.1 Å². The molecule has 0 fully saturated rings. The van der Waals surface area contributed by atoms with Gasteiger partial charge in [0, 0.05) is 6.42 Å². The number of nitrogens with zero attached hydrogens (tertiary/aromatic N) is 1. The Kier molecular flexibility index (Phi) is 6.41. The van der Waals surface area contributed by atoms with Crippen LogP contribution in [-0.2, 0) is 22.3 Å². The molecule has 0 aliphatic carbocycles. The number of esters is 1. The Balaban J connectivity index is 2.58. The fourth-order valence-corrected chi connectivity index (χ4v) is 1.44. The molecule has 0 aromatic carbocycles. The van der Waals surface area contributed by atoms with Gasteiger partial charge in [-0.1, -0.05) is 6.92 Å². The Morgan fingerprint density at radius 2 is 2.16 bits per heavy atom. The van der Waals surface area contributed by atoms with Crippen molar-refractivity contribution in [3.63, 3.8) is 0 Å². The predicted octanol–water partition coefficient (Wildman–Crippen LogP) is 2.24. The minimum atomic E-state index is -2.49. The molecule has 1 aromatic rings. The first kappa shape index (κ1) is 15.6. The first-order chi connectivity index (χ1) is 9.08. The number of ether oxygens (including phenoxy) is 2. The van der Waals surface area contributed by atoms with E-state index in [-0.39, 0.29) is 31.3 Å². The van der Waals surface area contributed by atoms with E-state index in [4.69, 9.17) is 13.9 Å². The molecule has 1 aromatic heterocycles. The predicted molar refractivity (Wildman–Crippen MR) is 62.4 cm³/mol. The van der Waals surface area contributed by atoms with Gasteiger partial charge < -0.3 is 13.9 Å². The molecule has 0 bridgehead atoms. The van der Waals surface area contributed by atoms with Crippen molar-refractivity contribution in [2.24, 2.45) is 0 Å². The van der Waals surface area contributed by atoms with Crippen molar-refractivity contribution >= 4 is 5.97 Å². The lowest BCUT2D eigenvalue weighted by molar-refractivity contribution is 0.0172. The molecule has 0 amide bonds. The van der Waals surface area contributed by atoms with Crippen molar-refractivity contribution in [3.05, 3.63) is 17.3 Å². The van der Waals surface area contributed by atoms with Crippen LogP contribution in [0.5, 0.6) is 0 Å². The lowest BCUT2D eigenvalue weighted by Crippen LogP contribution is -2.07. The van der Waals surface area contributed by atoms with Crippen LogP contribution in [0.25, 0.3) is 0 Å². The highest BCUT2D eigenvalue weighted by Crippen LogP contribution is 2.14. The van der Waals surface area contributed by atoms with Gasteiger partial charge in [0.05, 0.1) is 18.9 Å². The highest BCUT2D eigenvalue weighted by atomic mass is 19.3. The molecule has 0 radical (unpaired) electrons. The molecule has 108 valence electrons. The molecule has 7 heteroatoms. The number of halogens is 2. The molecule has 0 saturated heterocycles. The van der Waals surface area contributed by atoms with Crippen molar-refractivity contribution in [2.75, 3.05) is 19.8 Å². The molecule has 5 nitrogen and oxygen atoms in total. The van der Waals surface area contributed by atoms with Crippen LogP contribution in [0.15, 0.2) is 4.42 Å². The van der Waals surface area contributed by atoms with E-state index in [1.807, 2.05) is 6.92 Å². The maximum absolute atomic E-state index is 11.8. The standard InChI is InChI=1S/C12H17F2NO4/c1-3-8-11(12(16)18-4-2)19-10(15-8)5-6-17-7-9(13)14/h9H,3-7H2,1-2H3. The number of rotatable bonds is 8. The number of hydrogen-bond acceptors (Lipinski definition) is 5. The molecular weight excluding hydrogens is 260 g/mol. The highest BCUT2D eigenvalue weighted by Gasteiger charge is 2.20. The summed E-state index contributed by atoms with van der Waals surface area (Å²) in [5.74, 6) is -0.200. The van der Waals surface area contributed by atoms with Gasteiger partial charge in [-0.15, -0.1) is 0 Å². The Hall–Kier alpha value is -1.50. The molecule has 0 aliphatic heterocycles. The molecule has 0 aliphatic rings. The van der Waals surface area contributed by atoms with Crippen LogP contribution >= 0.6 is 0 Å². The third kappa shape index (κ3) is 4.94. The summed E-state index contributed by atoms with van der Waals surface area (Å²) in [6, 6.07) is 0. The number of alkyl halides is 2. The zero-order valence-corrected chi connectivity index (χ0v) is 10.9. The van der Waals surface area contributed by atoms with Crippen molar-refractivity contribution in [1.82, 2.24) is 4.98 Å². The fourth-order valence-electron chi connectivity index (χ4n) is 1.44. The number of aryl methyl sites for hydroxylation is 1. The first-order valence-corrected chi connectivity index (χ1v) is 6.10. The summed E-state index contributed by atoms with van der Waals surface area (Å²) in [4.78, 5) is 15.7. The van der Waals surface area contributed by atoms with Crippen LogP contribution < -0.4 is 0 Å². The van der Waals surface area contributed by atoms with Gasteiger partial charge in [0.1, 0.15) is 6.61 Å². The number of aromatic nitrogens is 1. The zero-order valence-electron chi connectivity index (χ0n) is 10.9. The largest absolute Gasteiger partial charge is 0.460 e. The molecular formula is C12H17F2NO4. The molecule has 1 heterocycles. The maximum atomic E-state index is 11.8. The quantitative estimate of drug-likeness (QED) is 0.538. The van der Waals surface area contributed by atoms with E-state index in [0.717, 1.165) is 0 Å². The average molecular weight is 277 g/mol. The van der Waals surface area contributed by atoms with E-state index in [9.17, 15) is 13.6 Å². The number of hydrogen-bond donors (Lipinski definition) is 0. The Morgan fingerprint density at radius 1 is 1.42 bits per heavy atom. The number of carbonyl (C=O) groups excluding carboxylic acids is 1. The third-order valence-electron chi connectivity index (χ3n) is 2.24. The van der Waals surface area contributed by atoms with Crippen LogP contribution in [0.2, 0.25) is 0 Å². The van der Waals surface area contributed by atoms with E-state index in [2.05, 4.69) is 4.98 Å². The molecule has 0 saturated carbocycles. The van der Waals surface area contributed by atoms with E-state index < -0.39 is 19.0 Å². The first-order valence-electron chi connectivity index (χ1n) is 6.10. The molecule has 0 unspecified atom stereocenters. The zero-order chi connectivity index (χ0) is 14.3. The van der Waals surface area contributed by atoms with Gasteiger partial charge in [0.25, 0.3) is 6.43 Å². The topological polar surface area (TPSA) is 61.6 Å². The van der Waals surface area contributed by atoms with Crippen molar-refractivity contribution in [1.29, 1.82) is 0 Å². The normalized spacial score (nSPS) is 11.0. The second-order valence-electron chi connectivity index (χ2n) is 3.67. The smallest absolute Gasteiger partial charge is 0.376 e. The van der Waals surface area contributed by atoms with Gasteiger partial charge >= 0.3 is 5.97 Å². The van der Waals surface area contributed by atoms with Crippen molar-refractivity contribution in [2.45, 2.75) is 33.1 Å². The Bertz CT molecular complexity index is 406. The molecule has 0 atom stereocenters. The van der Waals surface area contributed by atoms with Crippen molar-refractivity contribution in [3.8, 4) is 0 Å². The second kappa shape index (κ2) is 7.83. The van der Waals surface area contributed by atoms with Gasteiger partial charge in [-0.2, -0.15) is 0 Å². The van der Waals surface area contributed by atoms with Gasteiger partial charge in [0.2, 0.25) is 5.76 Å². The summed E-state index contributed by atoms with van der Waals surface area (Å²) in [5, 5.41) is 0. The summed E-state index contributed by atoms with van der Waals surface area (Å²) in [6.45, 7) is 3.22. The SMILES string of the molecule is CCOC(=O)c1oc(CCOCC(F)F)nc1CC. The summed E-state index contributed by atoms with van der Waals surface area (Å²) in [6.07, 6.45) is -1.74. The summed E-state index contributed by atoms with van der Waals surface area (Å²) in [7, 11) is 0. The van der Waals surface area contributed by atoms with Gasteiger partial charge in [-0.3, -0.25) is 0 Å². The van der Waals surface area contributed by atoms with Gasteiger partial charge in [-0.05, 0) is 13.3 Å². The van der Waals surface area contributed by atoms with Crippen LogP contribution in [0.1, 0.15) is 36.0 Å². The summed E-state index contributed by atoms with van der Waals surface area (Å²) >= 11 is 0. The number of carbonyl (C=O) groups is 1. The molecule has 1 rings (SSSR count). The van der Waals surface area contributed by atoms with Crippen LogP contribution in [0.4, 0.5) is 8.78 Å². The van der Waals surface area contributed by atoms with Crippen LogP contribution in [-0.4, -0.2) is 37.2 Å². The van der Waals surface area contributed by atoms with E-state index >= 15 is 0 Å². The van der Waals surface area contributed by atoms with E-state index in [1.54, 1.807) is 6.92 Å². The van der Waals surface area contributed by atoms with Gasteiger partial charge in [0.15, 0.2) is 5.89 Å². The lowest BCUT2D eigenvalue weighted by atomic mass is 10.3. The minimum Gasteiger partial charge on any atom is -0.460 e. The second-order valence-corrected chi connectivity index (χ2v) is 3.67. The lowest BCUT2D eigenvalue weighted by Gasteiger charge is -2.00. The fraction of sp³-hybridized carbons (Fsp3) is 0.667. The molecule has 0 N–H and O–H groups in total. The highest BCUT2D eigenvalue weighted by molar-refractivity contribution is 5.87. The monoisotopic (exact) mass is 277 g/mol. The van der Waals surface area contributed by atoms with Crippen molar-refractivity contribution < 1.29 is 27.5 Å². The number of oxazole rings is 1. The minimum absolute atomic E-state index is 0.0657. The van der Waals surface area contributed by atoms with Crippen LogP contribution in [0.3, 0.4) is 0 Å². The van der Waals surface area contributed by atoms with Crippen LogP contribution in [0, 0.1) is 0 Å². The third-order valence-corrected chi connectivity index (χ3v) is 2.24. The Morgan fingerprint density at radius 3 is 2.74 bits per heavy atom. The molecule has 0 spiro atoms. The maximum Gasteiger partial charge on any atom is 0.376 e. The van der Waals surface area contributed by atoms with E-state index in [1.165, 1.54) is 0 Å². The molecule has 19 heavy (non-hydrogen) atoms. The average Bonchev–Trinajstić information content (AvgIpc) is 2.78. The summed E-state index contributed by atoms with van der Waals surface area (Å²) < 4.78 is 38.5.